The zero-order valence-corrected chi connectivity index (χ0v) is 15.6. The van der Waals surface area contributed by atoms with Gasteiger partial charge in [0.05, 0.1) is 12.8 Å². The van der Waals surface area contributed by atoms with E-state index in [2.05, 4.69) is 19.9 Å². The minimum Gasteiger partial charge on any atom is -0.478 e. The third-order valence-corrected chi connectivity index (χ3v) is 4.61. The average Bonchev–Trinajstić information content (AvgIpc) is 3.29. The number of oxazole rings is 1. The van der Waals surface area contributed by atoms with Crippen LogP contribution in [0, 0.1) is 0 Å². The van der Waals surface area contributed by atoms with Gasteiger partial charge in [-0.1, -0.05) is 12.1 Å². The second-order valence-corrected chi connectivity index (χ2v) is 6.35. The molecule has 3 heterocycles. The fourth-order valence-electron chi connectivity index (χ4n) is 3.14. The monoisotopic (exact) mass is 379 g/mol. The molecule has 0 spiro atoms. The molecule has 28 heavy (non-hydrogen) atoms. The van der Waals surface area contributed by atoms with Crippen molar-refractivity contribution in [1.82, 2.24) is 19.9 Å². The molecule has 1 fully saturated rings. The Balaban J connectivity index is 1.38. The molecule has 1 aliphatic heterocycles. The van der Waals surface area contributed by atoms with E-state index in [0.717, 1.165) is 5.56 Å². The van der Waals surface area contributed by atoms with Crippen LogP contribution >= 0.6 is 0 Å². The van der Waals surface area contributed by atoms with Gasteiger partial charge in [-0.3, -0.25) is 4.79 Å². The fraction of sp³-hybridized carbons (Fsp3) is 0.300. The number of carbonyl (C=O) groups excluding carboxylic acids is 1. The number of ether oxygens (including phenoxy) is 1. The standard InChI is InChI=1S/C20H21N5O3/c1-2-27-18-7-8-22-20(23-18)25-11-9-24(10-12-25)19(26)16-5-3-15(4-6-16)17-13-21-14-28-17/h3-8,13-14H,2,9-12H2,1H3. The Bertz CT molecular complexity index is 919. The number of carbonyl (C=O) groups is 1. The number of piperazine rings is 1. The summed E-state index contributed by atoms with van der Waals surface area (Å²) < 4.78 is 10.7. The Morgan fingerprint density at radius 2 is 1.93 bits per heavy atom. The van der Waals surface area contributed by atoms with Gasteiger partial charge in [-0.25, -0.2) is 9.97 Å². The smallest absolute Gasteiger partial charge is 0.253 e. The zero-order valence-electron chi connectivity index (χ0n) is 15.6. The minimum atomic E-state index is 0.0211. The van der Waals surface area contributed by atoms with E-state index < -0.39 is 0 Å². The van der Waals surface area contributed by atoms with Gasteiger partial charge in [-0.05, 0) is 19.1 Å². The third-order valence-electron chi connectivity index (χ3n) is 4.61. The van der Waals surface area contributed by atoms with Gasteiger partial charge in [-0.2, -0.15) is 4.98 Å². The Hall–Kier alpha value is -3.42. The van der Waals surface area contributed by atoms with Gasteiger partial charge < -0.3 is 19.0 Å². The molecule has 8 heteroatoms. The topological polar surface area (TPSA) is 84.6 Å². The van der Waals surface area contributed by atoms with Crippen molar-refractivity contribution in [2.75, 3.05) is 37.7 Å². The second kappa shape index (κ2) is 8.08. The van der Waals surface area contributed by atoms with Crippen molar-refractivity contribution in [3.8, 4) is 17.2 Å². The van der Waals surface area contributed by atoms with E-state index in [1.807, 2.05) is 36.1 Å². The molecule has 1 amide bonds. The molecule has 0 radical (unpaired) electrons. The molecule has 8 nitrogen and oxygen atoms in total. The SMILES string of the molecule is CCOc1ccnc(N2CCN(C(=O)c3ccc(-c4cnco4)cc3)CC2)n1. The van der Waals surface area contributed by atoms with Crippen molar-refractivity contribution in [2.45, 2.75) is 6.92 Å². The summed E-state index contributed by atoms with van der Waals surface area (Å²) in [6.45, 7) is 5.07. The molecule has 1 aliphatic rings. The molecule has 0 aliphatic carbocycles. The lowest BCUT2D eigenvalue weighted by Gasteiger charge is -2.34. The number of rotatable bonds is 5. The van der Waals surface area contributed by atoms with Gasteiger partial charge in [0.1, 0.15) is 0 Å². The van der Waals surface area contributed by atoms with Crippen molar-refractivity contribution in [2.24, 2.45) is 0 Å². The van der Waals surface area contributed by atoms with E-state index in [0.29, 0.717) is 55.9 Å². The van der Waals surface area contributed by atoms with Crippen LogP contribution in [0.1, 0.15) is 17.3 Å². The number of hydrogen-bond acceptors (Lipinski definition) is 7. The van der Waals surface area contributed by atoms with Gasteiger partial charge in [-0.15, -0.1) is 0 Å². The van der Waals surface area contributed by atoms with Crippen molar-refractivity contribution in [3.05, 3.63) is 54.7 Å². The summed E-state index contributed by atoms with van der Waals surface area (Å²) in [5.41, 5.74) is 1.55. The molecule has 3 aromatic rings. The first-order chi connectivity index (χ1) is 13.7. The summed E-state index contributed by atoms with van der Waals surface area (Å²) in [6.07, 6.45) is 4.74. The van der Waals surface area contributed by atoms with Crippen LogP contribution in [0.15, 0.2) is 53.5 Å². The van der Waals surface area contributed by atoms with Crippen LogP contribution in [-0.2, 0) is 0 Å². The van der Waals surface area contributed by atoms with Crippen molar-refractivity contribution < 1.29 is 13.9 Å². The molecular formula is C20H21N5O3. The Morgan fingerprint density at radius 1 is 1.14 bits per heavy atom. The van der Waals surface area contributed by atoms with Gasteiger partial charge in [0.25, 0.3) is 5.91 Å². The van der Waals surface area contributed by atoms with Crippen LogP contribution in [-0.4, -0.2) is 58.5 Å². The van der Waals surface area contributed by atoms with Crippen molar-refractivity contribution in [3.63, 3.8) is 0 Å². The van der Waals surface area contributed by atoms with Gasteiger partial charge in [0, 0.05) is 49.6 Å². The highest BCUT2D eigenvalue weighted by molar-refractivity contribution is 5.94. The van der Waals surface area contributed by atoms with Gasteiger partial charge >= 0.3 is 0 Å². The highest BCUT2D eigenvalue weighted by atomic mass is 16.5. The lowest BCUT2D eigenvalue weighted by molar-refractivity contribution is 0.0746. The van der Waals surface area contributed by atoms with Crippen molar-refractivity contribution >= 4 is 11.9 Å². The molecule has 0 unspecified atom stereocenters. The van der Waals surface area contributed by atoms with Crippen molar-refractivity contribution in [1.29, 1.82) is 0 Å². The molecule has 144 valence electrons. The van der Waals surface area contributed by atoms with Crippen LogP contribution in [0.2, 0.25) is 0 Å². The maximum Gasteiger partial charge on any atom is 0.253 e. The summed E-state index contributed by atoms with van der Waals surface area (Å²) in [6, 6.07) is 9.13. The first-order valence-electron chi connectivity index (χ1n) is 9.23. The number of aromatic nitrogens is 3. The predicted molar refractivity (Wildman–Crippen MR) is 103 cm³/mol. The van der Waals surface area contributed by atoms with E-state index in [1.165, 1.54) is 6.39 Å². The highest BCUT2D eigenvalue weighted by Gasteiger charge is 2.23. The van der Waals surface area contributed by atoms with Gasteiger partial charge in [0.15, 0.2) is 12.2 Å². The molecule has 4 rings (SSSR count). The lowest BCUT2D eigenvalue weighted by Crippen LogP contribution is -2.49. The summed E-state index contributed by atoms with van der Waals surface area (Å²) in [4.78, 5) is 29.4. The molecule has 0 N–H and O–H groups in total. The average molecular weight is 379 g/mol. The molecule has 0 saturated carbocycles. The van der Waals surface area contributed by atoms with E-state index in [4.69, 9.17) is 9.15 Å². The Labute approximate surface area is 162 Å². The number of anilines is 1. The van der Waals surface area contributed by atoms with Crippen LogP contribution in [0.4, 0.5) is 5.95 Å². The summed E-state index contributed by atoms with van der Waals surface area (Å²) in [7, 11) is 0. The lowest BCUT2D eigenvalue weighted by atomic mass is 10.1. The first-order valence-corrected chi connectivity index (χ1v) is 9.23. The number of amides is 1. The Morgan fingerprint density at radius 3 is 2.61 bits per heavy atom. The number of nitrogens with zero attached hydrogens (tertiary/aromatic N) is 5. The Kier molecular flexibility index (Phi) is 5.18. The maximum absolute atomic E-state index is 12.8. The van der Waals surface area contributed by atoms with E-state index in [1.54, 1.807) is 18.5 Å². The molecular weight excluding hydrogens is 358 g/mol. The van der Waals surface area contributed by atoms with Gasteiger partial charge in [0.2, 0.25) is 11.8 Å². The summed E-state index contributed by atoms with van der Waals surface area (Å²) >= 11 is 0. The van der Waals surface area contributed by atoms with Crippen LogP contribution in [0.25, 0.3) is 11.3 Å². The van der Waals surface area contributed by atoms with Crippen LogP contribution < -0.4 is 9.64 Å². The normalized spacial score (nSPS) is 14.2. The second-order valence-electron chi connectivity index (χ2n) is 6.35. The largest absolute Gasteiger partial charge is 0.478 e. The van der Waals surface area contributed by atoms with E-state index in [9.17, 15) is 4.79 Å². The third kappa shape index (κ3) is 3.80. The predicted octanol–water partition coefficient (Wildman–Crippen LogP) is 2.49. The highest BCUT2D eigenvalue weighted by Crippen LogP contribution is 2.20. The minimum absolute atomic E-state index is 0.0211. The van der Waals surface area contributed by atoms with E-state index in [-0.39, 0.29) is 5.91 Å². The van der Waals surface area contributed by atoms with Crippen LogP contribution in [0.3, 0.4) is 0 Å². The fourth-order valence-corrected chi connectivity index (χ4v) is 3.14. The maximum atomic E-state index is 12.8. The molecule has 1 aromatic carbocycles. The van der Waals surface area contributed by atoms with E-state index >= 15 is 0 Å². The molecule has 0 atom stereocenters. The quantitative estimate of drug-likeness (QED) is 0.673. The molecule has 1 saturated heterocycles. The molecule has 2 aromatic heterocycles. The molecule has 0 bridgehead atoms. The summed E-state index contributed by atoms with van der Waals surface area (Å²) in [5.74, 6) is 1.90. The first kappa shape index (κ1) is 18.0. The van der Waals surface area contributed by atoms with Crippen LogP contribution in [0.5, 0.6) is 5.88 Å². The summed E-state index contributed by atoms with van der Waals surface area (Å²) in [5, 5.41) is 0. The zero-order chi connectivity index (χ0) is 19.3. The number of benzene rings is 1. The number of hydrogen-bond donors (Lipinski definition) is 0.